The highest BCUT2D eigenvalue weighted by molar-refractivity contribution is 8.00. The first-order valence-corrected chi connectivity index (χ1v) is 14.9. The van der Waals surface area contributed by atoms with Crippen molar-refractivity contribution >= 4 is 69.3 Å². The number of rotatable bonds is 5. The molecular weight excluding hydrogens is 623 g/mol. The van der Waals surface area contributed by atoms with Gasteiger partial charge in [0.05, 0.1) is 23.6 Å². The van der Waals surface area contributed by atoms with Gasteiger partial charge in [0, 0.05) is 57.3 Å². The molecule has 0 aromatic carbocycles. The Bertz CT molecular complexity index is 1450. The molecule has 3 aromatic rings. The van der Waals surface area contributed by atoms with Crippen LogP contribution >= 0.6 is 34.7 Å². The van der Waals surface area contributed by atoms with Crippen LogP contribution in [0.4, 0.5) is 19.0 Å². The van der Waals surface area contributed by atoms with Crippen molar-refractivity contribution in [2.45, 2.75) is 35.9 Å². The summed E-state index contributed by atoms with van der Waals surface area (Å²) in [6.45, 7) is 8.46. The molecule has 0 unspecified atom stereocenters. The number of carboxylic acids is 1. The van der Waals surface area contributed by atoms with Crippen molar-refractivity contribution in [1.29, 1.82) is 0 Å². The van der Waals surface area contributed by atoms with Crippen molar-refractivity contribution in [3.63, 3.8) is 0 Å². The number of anilines is 1. The molecule has 2 N–H and O–H groups in total. The van der Waals surface area contributed by atoms with E-state index in [0.717, 1.165) is 23.3 Å². The molecular formula is C24H27ClF3N7O5S2. The van der Waals surface area contributed by atoms with E-state index >= 15 is 0 Å². The van der Waals surface area contributed by atoms with Crippen LogP contribution < -0.4 is 4.90 Å². The first-order chi connectivity index (χ1) is 19.9. The number of aliphatic carboxylic acids is 1. The number of carbonyl (C=O) groups is 3. The topological polar surface area (TPSA) is 145 Å². The number of thiazole rings is 1. The van der Waals surface area contributed by atoms with Crippen LogP contribution in [0.25, 0.3) is 11.0 Å². The number of halogens is 4. The van der Waals surface area contributed by atoms with Gasteiger partial charge in [-0.2, -0.15) is 13.2 Å². The fourth-order valence-electron chi connectivity index (χ4n) is 4.23. The minimum Gasteiger partial charge on any atom is -0.475 e. The second kappa shape index (κ2) is 13.4. The van der Waals surface area contributed by atoms with E-state index in [9.17, 15) is 22.8 Å². The number of alkyl halides is 3. The molecule has 42 heavy (non-hydrogen) atoms. The summed E-state index contributed by atoms with van der Waals surface area (Å²) in [5.41, 5.74) is 2.01. The standard InChI is InChI=1S/C22H26ClN7O3S2.C2HF3O2/c1-3-14-17(23)16-18(24-14)26-21(27-19(16)29-6-4-28(5-7-29)13(2)31)35-22-25-15(12-34-22)20(32)30-8-10-33-11-9-30;3-2(4,5)1(6)7/h12H,3-11H2,1-2H3,(H,24,26,27);(H,6,7). The zero-order chi connectivity index (χ0) is 30.6. The molecule has 0 atom stereocenters. The highest BCUT2D eigenvalue weighted by Gasteiger charge is 2.38. The molecule has 2 amide bonds. The SMILES string of the molecule is CCc1[nH]c2nc(Sc3nc(C(=O)N4CCOCC4)cs3)nc(N3CCN(C(C)=O)CC3)c2c1Cl.O=C(O)C(F)(F)F. The molecule has 228 valence electrons. The van der Waals surface area contributed by atoms with Crippen LogP contribution in [0.3, 0.4) is 0 Å². The lowest BCUT2D eigenvalue weighted by Crippen LogP contribution is -2.48. The van der Waals surface area contributed by atoms with E-state index in [-0.39, 0.29) is 11.8 Å². The van der Waals surface area contributed by atoms with Crippen LogP contribution in [-0.2, 0) is 20.7 Å². The molecule has 2 fully saturated rings. The number of piperazine rings is 1. The van der Waals surface area contributed by atoms with E-state index < -0.39 is 12.1 Å². The van der Waals surface area contributed by atoms with Gasteiger partial charge in [-0.05, 0) is 18.2 Å². The number of aromatic amines is 1. The Balaban J connectivity index is 0.000000517. The summed E-state index contributed by atoms with van der Waals surface area (Å²) < 4.78 is 37.8. The zero-order valence-electron chi connectivity index (χ0n) is 22.5. The molecule has 3 aromatic heterocycles. The summed E-state index contributed by atoms with van der Waals surface area (Å²) in [5.74, 6) is -2.01. The predicted molar refractivity (Wildman–Crippen MR) is 149 cm³/mol. The van der Waals surface area contributed by atoms with E-state index in [1.54, 1.807) is 17.2 Å². The number of hydrogen-bond donors (Lipinski definition) is 2. The molecule has 0 saturated carbocycles. The number of nitrogens with one attached hydrogen (secondary N) is 1. The van der Waals surface area contributed by atoms with Crippen LogP contribution in [0.1, 0.15) is 30.0 Å². The molecule has 0 radical (unpaired) electrons. The van der Waals surface area contributed by atoms with E-state index in [4.69, 9.17) is 36.2 Å². The minimum atomic E-state index is -5.08. The number of carbonyl (C=O) groups excluding carboxylic acids is 2. The van der Waals surface area contributed by atoms with Gasteiger partial charge in [-0.15, -0.1) is 11.3 Å². The number of H-pyrrole nitrogens is 1. The maximum atomic E-state index is 12.8. The Kier molecular flexibility index (Phi) is 10.2. The molecule has 5 heterocycles. The maximum Gasteiger partial charge on any atom is 0.490 e. The van der Waals surface area contributed by atoms with E-state index in [1.165, 1.54) is 23.1 Å². The van der Waals surface area contributed by atoms with Crippen molar-refractivity contribution in [3.8, 4) is 0 Å². The van der Waals surface area contributed by atoms with Gasteiger partial charge in [-0.1, -0.05) is 18.5 Å². The lowest BCUT2D eigenvalue weighted by molar-refractivity contribution is -0.192. The minimum absolute atomic E-state index is 0.0767. The van der Waals surface area contributed by atoms with Gasteiger partial charge in [0.2, 0.25) is 5.91 Å². The molecule has 0 bridgehead atoms. The molecule has 2 saturated heterocycles. The summed E-state index contributed by atoms with van der Waals surface area (Å²) in [6, 6.07) is 0. The van der Waals surface area contributed by atoms with Crippen LogP contribution in [0.15, 0.2) is 14.9 Å². The van der Waals surface area contributed by atoms with E-state index in [2.05, 4.69) is 14.9 Å². The van der Waals surface area contributed by atoms with Gasteiger partial charge in [0.15, 0.2) is 9.50 Å². The number of carboxylic acid groups (broad SMARTS) is 1. The Morgan fingerprint density at radius 1 is 1.10 bits per heavy atom. The van der Waals surface area contributed by atoms with Gasteiger partial charge < -0.3 is 29.5 Å². The molecule has 0 spiro atoms. The quantitative estimate of drug-likeness (QED) is 0.394. The van der Waals surface area contributed by atoms with Gasteiger partial charge in [0.25, 0.3) is 5.91 Å². The fourth-order valence-corrected chi connectivity index (χ4v) is 6.23. The number of amides is 2. The summed E-state index contributed by atoms with van der Waals surface area (Å²) >= 11 is 9.44. The first kappa shape index (κ1) is 31.8. The third-order valence-electron chi connectivity index (χ3n) is 6.42. The summed E-state index contributed by atoms with van der Waals surface area (Å²) in [7, 11) is 0. The Hall–Kier alpha value is -3.15. The van der Waals surface area contributed by atoms with Crippen molar-refractivity contribution in [2.24, 2.45) is 0 Å². The highest BCUT2D eigenvalue weighted by Crippen LogP contribution is 2.37. The molecule has 2 aliphatic rings. The lowest BCUT2D eigenvalue weighted by atomic mass is 10.2. The number of nitrogens with zero attached hydrogens (tertiary/aromatic N) is 6. The number of ether oxygens (including phenoxy) is 1. The summed E-state index contributed by atoms with van der Waals surface area (Å²) in [6.07, 6.45) is -4.34. The van der Waals surface area contributed by atoms with Crippen LogP contribution in [0.2, 0.25) is 5.02 Å². The normalized spacial score (nSPS) is 15.9. The largest absolute Gasteiger partial charge is 0.490 e. The number of hydrogen-bond acceptors (Lipinski definition) is 10. The third-order valence-corrected chi connectivity index (χ3v) is 8.64. The average molecular weight is 650 g/mol. The summed E-state index contributed by atoms with van der Waals surface area (Å²) in [5, 5.41) is 10.9. The lowest BCUT2D eigenvalue weighted by Gasteiger charge is -2.35. The second-order valence-corrected chi connectivity index (χ2v) is 11.6. The van der Waals surface area contributed by atoms with Crippen molar-refractivity contribution < 1.29 is 37.4 Å². The summed E-state index contributed by atoms with van der Waals surface area (Å²) in [4.78, 5) is 56.7. The van der Waals surface area contributed by atoms with Crippen molar-refractivity contribution in [2.75, 3.05) is 57.4 Å². The average Bonchev–Trinajstić information content (AvgIpc) is 3.56. The Labute approximate surface area is 251 Å². The molecule has 18 heteroatoms. The molecule has 5 rings (SSSR count). The smallest absolute Gasteiger partial charge is 0.475 e. The molecule has 2 aliphatic heterocycles. The van der Waals surface area contributed by atoms with Crippen LogP contribution in [0, 0.1) is 0 Å². The van der Waals surface area contributed by atoms with Gasteiger partial charge in [-0.3, -0.25) is 9.59 Å². The predicted octanol–water partition coefficient (Wildman–Crippen LogP) is 3.56. The number of aromatic nitrogens is 4. The van der Waals surface area contributed by atoms with Crippen LogP contribution in [-0.4, -0.2) is 111 Å². The third kappa shape index (κ3) is 7.43. The van der Waals surface area contributed by atoms with E-state index in [0.29, 0.717) is 78.3 Å². The fraction of sp³-hybridized carbons (Fsp3) is 0.500. The van der Waals surface area contributed by atoms with Gasteiger partial charge in [0.1, 0.15) is 17.2 Å². The first-order valence-electron chi connectivity index (χ1n) is 12.8. The van der Waals surface area contributed by atoms with Gasteiger partial charge >= 0.3 is 12.1 Å². The van der Waals surface area contributed by atoms with Crippen LogP contribution in [0.5, 0.6) is 0 Å². The van der Waals surface area contributed by atoms with E-state index in [1.807, 2.05) is 11.8 Å². The molecule has 0 aliphatic carbocycles. The number of fused-ring (bicyclic) bond motifs is 1. The number of morpholine rings is 1. The molecule has 12 nitrogen and oxygen atoms in total. The monoisotopic (exact) mass is 649 g/mol. The Morgan fingerprint density at radius 2 is 1.74 bits per heavy atom. The highest BCUT2D eigenvalue weighted by atomic mass is 35.5. The van der Waals surface area contributed by atoms with Gasteiger partial charge in [-0.25, -0.2) is 19.7 Å². The Morgan fingerprint density at radius 3 is 2.31 bits per heavy atom. The van der Waals surface area contributed by atoms with Crippen molar-refractivity contribution in [3.05, 3.63) is 21.8 Å². The maximum absolute atomic E-state index is 12.8. The number of aryl methyl sites for hydroxylation is 1. The second-order valence-electron chi connectivity index (χ2n) is 9.13. The van der Waals surface area contributed by atoms with Crippen molar-refractivity contribution in [1.82, 2.24) is 29.7 Å². The zero-order valence-corrected chi connectivity index (χ0v) is 24.9.